The van der Waals surface area contributed by atoms with Gasteiger partial charge in [-0.3, -0.25) is 9.69 Å². The van der Waals surface area contributed by atoms with Crippen molar-refractivity contribution in [1.29, 1.82) is 0 Å². The van der Waals surface area contributed by atoms with Crippen molar-refractivity contribution in [1.82, 2.24) is 9.80 Å². The highest BCUT2D eigenvalue weighted by Gasteiger charge is 2.48. The van der Waals surface area contributed by atoms with Crippen LogP contribution in [0.4, 0.5) is 4.79 Å². The summed E-state index contributed by atoms with van der Waals surface area (Å²) < 4.78 is 22.5. The maximum atomic E-state index is 13.6. The molecule has 220 valence electrons. The van der Waals surface area contributed by atoms with Crippen LogP contribution in [-0.2, 0) is 9.53 Å². The number of hydrogen-bond donors (Lipinski definition) is 1. The molecule has 0 radical (unpaired) electrons. The van der Waals surface area contributed by atoms with E-state index in [1.54, 1.807) is 7.11 Å². The van der Waals surface area contributed by atoms with Crippen molar-refractivity contribution in [2.45, 2.75) is 97.6 Å². The SMILES string of the molecule is CCCCN(CCCC)C(=O)CN1CC(c2cc(OC)c3c(c2)OCO3)[C@H](OC(=O)O)[C@H]1CC(C)(C)CCC. The van der Waals surface area contributed by atoms with Crippen LogP contribution in [0.3, 0.4) is 0 Å². The number of benzene rings is 1. The molecule has 0 spiro atoms. The van der Waals surface area contributed by atoms with Crippen LogP contribution in [0.1, 0.15) is 91.0 Å². The molecule has 3 rings (SSSR count). The first-order valence-corrected chi connectivity index (χ1v) is 14.5. The summed E-state index contributed by atoms with van der Waals surface area (Å²) in [5.41, 5.74) is 0.802. The first-order chi connectivity index (χ1) is 18.6. The van der Waals surface area contributed by atoms with Gasteiger partial charge in [0.25, 0.3) is 0 Å². The van der Waals surface area contributed by atoms with Gasteiger partial charge in [0, 0.05) is 31.6 Å². The molecule has 9 nitrogen and oxygen atoms in total. The van der Waals surface area contributed by atoms with Crippen LogP contribution in [-0.4, -0.2) is 79.2 Å². The van der Waals surface area contributed by atoms with Crippen LogP contribution >= 0.6 is 0 Å². The van der Waals surface area contributed by atoms with E-state index in [4.69, 9.17) is 18.9 Å². The fourth-order valence-electron chi connectivity index (χ4n) is 6.01. The average Bonchev–Trinajstić information content (AvgIpc) is 3.48. The smallest absolute Gasteiger partial charge is 0.493 e. The highest BCUT2D eigenvalue weighted by atomic mass is 16.7. The van der Waals surface area contributed by atoms with Gasteiger partial charge < -0.3 is 29.0 Å². The Labute approximate surface area is 233 Å². The molecular formula is C30H48N2O7. The molecule has 0 aromatic heterocycles. The highest BCUT2D eigenvalue weighted by molar-refractivity contribution is 5.78. The second-order valence-corrected chi connectivity index (χ2v) is 11.6. The second kappa shape index (κ2) is 14.1. The van der Waals surface area contributed by atoms with Gasteiger partial charge in [-0.15, -0.1) is 0 Å². The third-order valence-corrected chi connectivity index (χ3v) is 7.96. The van der Waals surface area contributed by atoms with E-state index in [1.807, 2.05) is 17.0 Å². The van der Waals surface area contributed by atoms with Crippen molar-refractivity contribution in [2.75, 3.05) is 40.1 Å². The topological polar surface area (TPSA) is 97.8 Å². The summed E-state index contributed by atoms with van der Waals surface area (Å²) in [5.74, 6) is 1.45. The molecule has 0 bridgehead atoms. The van der Waals surface area contributed by atoms with Gasteiger partial charge in [-0.2, -0.15) is 0 Å². The Morgan fingerprint density at radius 2 is 1.79 bits per heavy atom. The largest absolute Gasteiger partial charge is 0.506 e. The van der Waals surface area contributed by atoms with Crippen molar-refractivity contribution in [3.63, 3.8) is 0 Å². The van der Waals surface area contributed by atoms with Crippen LogP contribution in [0, 0.1) is 5.41 Å². The minimum atomic E-state index is -1.31. The van der Waals surface area contributed by atoms with E-state index < -0.39 is 12.3 Å². The third-order valence-electron chi connectivity index (χ3n) is 7.96. The third kappa shape index (κ3) is 7.93. The number of hydrogen-bond acceptors (Lipinski definition) is 7. The number of rotatable bonds is 15. The van der Waals surface area contributed by atoms with Crippen LogP contribution in [0.2, 0.25) is 0 Å². The van der Waals surface area contributed by atoms with Gasteiger partial charge in [0.2, 0.25) is 18.4 Å². The Morgan fingerprint density at radius 3 is 2.38 bits per heavy atom. The average molecular weight is 549 g/mol. The lowest BCUT2D eigenvalue weighted by atomic mass is 9.79. The van der Waals surface area contributed by atoms with E-state index in [-0.39, 0.29) is 36.6 Å². The Kier molecular flexibility index (Phi) is 11.2. The van der Waals surface area contributed by atoms with Gasteiger partial charge in [0.1, 0.15) is 6.10 Å². The quantitative estimate of drug-likeness (QED) is 0.271. The Hall–Kier alpha value is -2.68. The summed E-state index contributed by atoms with van der Waals surface area (Å²) in [6.45, 7) is 13.2. The van der Waals surface area contributed by atoms with Crippen LogP contribution in [0.5, 0.6) is 17.2 Å². The molecule has 39 heavy (non-hydrogen) atoms. The molecule has 1 fully saturated rings. The number of likely N-dealkylation sites (tertiary alicyclic amines) is 1. The highest BCUT2D eigenvalue weighted by Crippen LogP contribution is 2.47. The van der Waals surface area contributed by atoms with Crippen molar-refractivity contribution >= 4 is 12.1 Å². The number of carboxylic acid groups (broad SMARTS) is 1. The molecule has 3 atom stereocenters. The molecular weight excluding hydrogens is 500 g/mol. The second-order valence-electron chi connectivity index (χ2n) is 11.6. The van der Waals surface area contributed by atoms with Crippen molar-refractivity contribution in [2.24, 2.45) is 5.41 Å². The fourth-order valence-corrected chi connectivity index (χ4v) is 6.01. The molecule has 1 aromatic carbocycles. The molecule has 1 saturated heterocycles. The molecule has 0 saturated carbocycles. The zero-order chi connectivity index (χ0) is 28.6. The lowest BCUT2D eigenvalue weighted by Crippen LogP contribution is -2.46. The van der Waals surface area contributed by atoms with Gasteiger partial charge in [-0.25, -0.2) is 4.79 Å². The number of amides is 1. The number of fused-ring (bicyclic) bond motifs is 1. The standard InChI is InChI=1S/C30H48N2O7/c1-7-10-13-31(14-11-8-2)26(33)19-32-18-22(21-15-24(36-6)28-25(16-21)37-20-38-28)27(39-29(34)35)23(32)17-30(4,5)12-9-3/h15-16,22-23,27H,7-14,17-20H2,1-6H3,(H,34,35)/t22?,23-,27+/m1/s1. The molecule has 1 N–H and O–H groups in total. The molecule has 1 aromatic rings. The molecule has 2 aliphatic rings. The number of nitrogens with zero attached hydrogens (tertiary/aromatic N) is 2. The van der Waals surface area contributed by atoms with Gasteiger partial charge in [0.05, 0.1) is 13.7 Å². The summed E-state index contributed by atoms with van der Waals surface area (Å²) in [7, 11) is 1.57. The number of unbranched alkanes of at least 4 members (excludes halogenated alkanes) is 2. The van der Waals surface area contributed by atoms with Crippen LogP contribution < -0.4 is 14.2 Å². The summed E-state index contributed by atoms with van der Waals surface area (Å²) in [6.07, 6.45) is 4.76. The molecule has 2 aliphatic heterocycles. The zero-order valence-electron chi connectivity index (χ0n) is 24.7. The van der Waals surface area contributed by atoms with E-state index in [1.165, 1.54) is 0 Å². The number of methoxy groups -OCH3 is 1. The summed E-state index contributed by atoms with van der Waals surface area (Å²) in [5, 5.41) is 9.78. The minimum absolute atomic E-state index is 0.0492. The van der Waals surface area contributed by atoms with Crippen molar-refractivity contribution in [3.05, 3.63) is 17.7 Å². The molecule has 9 heteroatoms. The maximum Gasteiger partial charge on any atom is 0.506 e. The molecule has 1 unspecified atom stereocenters. The predicted molar refractivity (Wildman–Crippen MR) is 150 cm³/mol. The minimum Gasteiger partial charge on any atom is -0.493 e. The fraction of sp³-hybridized carbons (Fsp3) is 0.733. The monoisotopic (exact) mass is 548 g/mol. The van der Waals surface area contributed by atoms with Gasteiger partial charge >= 0.3 is 6.16 Å². The Balaban J connectivity index is 1.98. The lowest BCUT2D eigenvalue weighted by Gasteiger charge is -2.35. The predicted octanol–water partition coefficient (Wildman–Crippen LogP) is 5.90. The summed E-state index contributed by atoms with van der Waals surface area (Å²) in [4.78, 5) is 29.7. The van der Waals surface area contributed by atoms with Gasteiger partial charge in [-0.1, -0.05) is 53.9 Å². The molecule has 1 amide bonds. The Morgan fingerprint density at radius 1 is 1.10 bits per heavy atom. The normalized spacial score (nSPS) is 20.7. The maximum absolute atomic E-state index is 13.6. The number of ether oxygens (including phenoxy) is 4. The van der Waals surface area contributed by atoms with Crippen LogP contribution in [0.15, 0.2) is 12.1 Å². The first kappa shape index (κ1) is 30.9. The zero-order valence-corrected chi connectivity index (χ0v) is 24.7. The number of carbonyl (C=O) groups is 2. The van der Waals surface area contributed by atoms with E-state index >= 15 is 0 Å². The van der Waals surface area contributed by atoms with Crippen LogP contribution in [0.25, 0.3) is 0 Å². The van der Waals surface area contributed by atoms with Gasteiger partial charge in [-0.05, 0) is 48.8 Å². The summed E-state index contributed by atoms with van der Waals surface area (Å²) in [6, 6.07) is 3.53. The van der Waals surface area contributed by atoms with E-state index in [0.29, 0.717) is 30.2 Å². The molecule has 2 heterocycles. The molecule has 0 aliphatic carbocycles. The van der Waals surface area contributed by atoms with E-state index in [2.05, 4.69) is 39.5 Å². The lowest BCUT2D eigenvalue weighted by molar-refractivity contribution is -0.133. The van der Waals surface area contributed by atoms with E-state index in [9.17, 15) is 14.7 Å². The van der Waals surface area contributed by atoms with Gasteiger partial charge in [0.15, 0.2) is 11.5 Å². The van der Waals surface area contributed by atoms with E-state index in [0.717, 1.165) is 57.2 Å². The summed E-state index contributed by atoms with van der Waals surface area (Å²) >= 11 is 0. The van der Waals surface area contributed by atoms with Crippen molar-refractivity contribution in [3.8, 4) is 17.2 Å². The Bertz CT molecular complexity index is 959. The first-order valence-electron chi connectivity index (χ1n) is 14.5. The van der Waals surface area contributed by atoms with Crippen molar-refractivity contribution < 1.29 is 33.6 Å². The number of carbonyl (C=O) groups excluding carboxylic acids is 1.